The molecule has 0 N–H and O–H groups in total. The zero-order chi connectivity index (χ0) is 3.54. The molecule has 0 saturated heterocycles. The predicted octanol–water partition coefficient (Wildman–Crippen LogP) is 1.11. The first-order valence-electron chi connectivity index (χ1n) is 1.43. The molecule has 1 heterocycles. The molecular formula is C3H4NP. The van der Waals surface area contributed by atoms with Gasteiger partial charge in [0.2, 0.25) is 0 Å². The van der Waals surface area contributed by atoms with Crippen molar-refractivity contribution in [1.29, 1.82) is 0 Å². The van der Waals surface area contributed by atoms with Crippen LogP contribution in [0.2, 0.25) is 0 Å². The summed E-state index contributed by atoms with van der Waals surface area (Å²) in [7, 11) is 0.836. The maximum absolute atomic E-state index is 3.79. The van der Waals surface area contributed by atoms with Gasteiger partial charge in [-0.25, -0.2) is 0 Å². The zero-order valence-electron chi connectivity index (χ0n) is 2.68. The van der Waals surface area contributed by atoms with Gasteiger partial charge in [-0.15, -0.1) is 8.19 Å². The third-order valence-electron chi connectivity index (χ3n) is 0.406. The summed E-state index contributed by atoms with van der Waals surface area (Å²) in [5.74, 6) is 3.94. The lowest BCUT2D eigenvalue weighted by Crippen LogP contribution is -1.38. The Morgan fingerprint density at radius 1 is 1.60 bits per heavy atom. The fraction of sp³-hybridized carbons (Fsp3) is 0. The van der Waals surface area contributed by atoms with Crippen LogP contribution < -0.4 is 0 Å². The number of rotatable bonds is 0. The lowest BCUT2D eigenvalue weighted by Gasteiger charge is -1.42. The number of hydrogen-bond acceptors (Lipinski definition) is 1. The van der Waals surface area contributed by atoms with Crippen molar-refractivity contribution in [2.75, 3.05) is 0 Å². The molecule has 1 nitrogen and oxygen atoms in total. The Morgan fingerprint density at radius 3 is 2.80 bits per heavy atom. The van der Waals surface area contributed by atoms with Crippen molar-refractivity contribution in [1.82, 2.24) is 4.98 Å². The minimum absolute atomic E-state index is 0.836. The summed E-state index contributed by atoms with van der Waals surface area (Å²) in [6.45, 7) is 0. The smallest absolute Gasteiger partial charge is 0.0428 e. The molecule has 0 amide bonds. The third-order valence-corrected chi connectivity index (χ3v) is 1.05. The monoisotopic (exact) mass is 85.0 g/mol. The zero-order valence-corrected chi connectivity index (χ0v) is 3.68. The lowest BCUT2D eigenvalue weighted by molar-refractivity contribution is 1.43. The molecule has 2 heteroatoms. The van der Waals surface area contributed by atoms with Gasteiger partial charge in [-0.3, -0.25) is 4.98 Å². The van der Waals surface area contributed by atoms with Crippen LogP contribution in [0.1, 0.15) is 0 Å². The quantitative estimate of drug-likeness (QED) is 0.460. The second kappa shape index (κ2) is 1.23. The average molecular weight is 85.0 g/mol. The fourth-order valence-corrected chi connectivity index (χ4v) is 0.645. The highest BCUT2D eigenvalue weighted by atomic mass is 31.0. The molecule has 0 aliphatic carbocycles. The van der Waals surface area contributed by atoms with Crippen molar-refractivity contribution in [2.45, 2.75) is 0 Å². The number of hydrogen-bond donors (Lipinski definition) is 0. The number of nitrogens with zero attached hydrogens (tertiary/aromatic N) is 1. The van der Waals surface area contributed by atoms with Crippen LogP contribution in [0, 0.1) is 0 Å². The summed E-state index contributed by atoms with van der Waals surface area (Å²) in [6.07, 6.45) is 1.82. The van der Waals surface area contributed by atoms with Gasteiger partial charge in [-0.2, -0.15) is 0 Å². The molecule has 1 aromatic heterocycles. The molecule has 0 radical (unpaired) electrons. The lowest BCUT2D eigenvalue weighted by atomic mass is 11.0. The topological polar surface area (TPSA) is 12.9 Å². The Morgan fingerprint density at radius 2 is 2.60 bits per heavy atom. The van der Waals surface area contributed by atoms with Gasteiger partial charge in [-0.05, 0) is 5.80 Å². The summed E-state index contributed by atoms with van der Waals surface area (Å²) in [6, 6.07) is 0. The Bertz CT molecular complexity index is 63.4. The summed E-state index contributed by atoms with van der Waals surface area (Å²) >= 11 is 0. The van der Waals surface area contributed by atoms with Gasteiger partial charge in [-0.1, -0.05) is 0 Å². The van der Waals surface area contributed by atoms with E-state index in [9.17, 15) is 0 Å². The van der Waals surface area contributed by atoms with E-state index in [1.807, 2.05) is 17.9 Å². The van der Waals surface area contributed by atoms with E-state index in [4.69, 9.17) is 0 Å². The van der Waals surface area contributed by atoms with Gasteiger partial charge in [0.25, 0.3) is 0 Å². The molecule has 0 fully saturated rings. The van der Waals surface area contributed by atoms with Gasteiger partial charge in [0.05, 0.1) is 0 Å². The standard InChI is InChI=1S/C3H4NP/c1-2-5-3-4-1/h1-3,5H. The van der Waals surface area contributed by atoms with Crippen LogP contribution in [-0.4, -0.2) is 4.98 Å². The summed E-state index contributed by atoms with van der Waals surface area (Å²) in [5, 5.41) is 0. The average Bonchev–Trinajstić information content (AvgIpc) is 1.76. The number of aromatic nitrogens is 1. The minimum Gasteiger partial charge on any atom is -0.260 e. The summed E-state index contributed by atoms with van der Waals surface area (Å²) in [4.78, 5) is 3.79. The van der Waals surface area contributed by atoms with Crippen LogP contribution in [-0.2, 0) is 0 Å². The predicted molar refractivity (Wildman–Crippen MR) is 23.7 cm³/mol. The van der Waals surface area contributed by atoms with Crippen molar-refractivity contribution in [2.24, 2.45) is 0 Å². The molecule has 0 aliphatic rings. The van der Waals surface area contributed by atoms with E-state index in [2.05, 4.69) is 4.98 Å². The maximum Gasteiger partial charge on any atom is 0.0428 e. The van der Waals surface area contributed by atoms with E-state index in [0.717, 1.165) is 8.19 Å². The van der Waals surface area contributed by atoms with E-state index in [0.29, 0.717) is 0 Å². The first kappa shape index (κ1) is 2.92. The molecule has 26 valence electrons. The molecule has 5 heavy (non-hydrogen) atoms. The molecule has 1 atom stereocenters. The van der Waals surface area contributed by atoms with Gasteiger partial charge >= 0.3 is 0 Å². The first-order valence-corrected chi connectivity index (χ1v) is 2.58. The fourth-order valence-electron chi connectivity index (χ4n) is 0.215. The largest absolute Gasteiger partial charge is 0.260 e. The second-order valence-electron chi connectivity index (χ2n) is 0.761. The highest BCUT2D eigenvalue weighted by Crippen LogP contribution is 1.95. The Kier molecular flexibility index (Phi) is 0.718. The Balaban J connectivity index is 3.13. The van der Waals surface area contributed by atoms with Crippen LogP contribution >= 0.6 is 8.19 Å². The van der Waals surface area contributed by atoms with E-state index in [-0.39, 0.29) is 0 Å². The van der Waals surface area contributed by atoms with Crippen LogP contribution in [0.5, 0.6) is 0 Å². The van der Waals surface area contributed by atoms with Crippen molar-refractivity contribution < 1.29 is 0 Å². The van der Waals surface area contributed by atoms with Gasteiger partial charge < -0.3 is 0 Å². The summed E-state index contributed by atoms with van der Waals surface area (Å²) in [5.41, 5.74) is 0. The molecular weight excluding hydrogens is 81.0 g/mol. The van der Waals surface area contributed by atoms with Crippen molar-refractivity contribution in [3.63, 3.8) is 0 Å². The highest BCUT2D eigenvalue weighted by Gasteiger charge is 1.57. The normalized spacial score (nSPS) is 9.60. The Labute approximate surface area is 32.1 Å². The second-order valence-corrected chi connectivity index (χ2v) is 1.69. The van der Waals surface area contributed by atoms with E-state index < -0.39 is 0 Å². The van der Waals surface area contributed by atoms with E-state index in [1.165, 1.54) is 0 Å². The van der Waals surface area contributed by atoms with Crippen LogP contribution in [0.4, 0.5) is 0 Å². The van der Waals surface area contributed by atoms with Crippen LogP contribution in [0.3, 0.4) is 0 Å². The van der Waals surface area contributed by atoms with Crippen molar-refractivity contribution in [3.8, 4) is 0 Å². The maximum atomic E-state index is 3.79. The molecule has 0 aliphatic heterocycles. The molecule has 1 unspecified atom stereocenters. The Hall–Kier alpha value is -0.290. The molecule has 0 aromatic carbocycles. The van der Waals surface area contributed by atoms with Gasteiger partial charge in [0, 0.05) is 12.1 Å². The SMILES string of the molecule is c1c[pH]cn1. The third kappa shape index (κ3) is 0.489. The molecule has 0 bridgehead atoms. The van der Waals surface area contributed by atoms with Crippen LogP contribution in [0.25, 0.3) is 0 Å². The van der Waals surface area contributed by atoms with Gasteiger partial charge in [0.1, 0.15) is 0 Å². The minimum atomic E-state index is 0.836. The molecule has 0 saturated carbocycles. The van der Waals surface area contributed by atoms with Crippen LogP contribution in [0.15, 0.2) is 17.9 Å². The van der Waals surface area contributed by atoms with E-state index in [1.54, 1.807) is 0 Å². The first-order chi connectivity index (χ1) is 2.50. The summed E-state index contributed by atoms with van der Waals surface area (Å²) < 4.78 is 0. The van der Waals surface area contributed by atoms with E-state index >= 15 is 0 Å². The van der Waals surface area contributed by atoms with Crippen molar-refractivity contribution >= 4 is 8.19 Å². The van der Waals surface area contributed by atoms with Crippen molar-refractivity contribution in [3.05, 3.63) is 17.9 Å². The molecule has 1 rings (SSSR count). The van der Waals surface area contributed by atoms with Gasteiger partial charge in [0.15, 0.2) is 0 Å². The highest BCUT2D eigenvalue weighted by molar-refractivity contribution is 7.28. The molecule has 1 aromatic rings. The molecule has 0 spiro atoms.